The Labute approximate surface area is 107 Å². The lowest BCUT2D eigenvalue weighted by atomic mass is 10.1. The maximum Gasteiger partial charge on any atom is 0.263 e. The molecule has 0 aliphatic heterocycles. The minimum atomic E-state index is -0.811. The first-order valence-corrected chi connectivity index (χ1v) is 5.37. The predicted molar refractivity (Wildman–Crippen MR) is 65.3 cm³/mol. The van der Waals surface area contributed by atoms with E-state index in [1.54, 1.807) is 6.07 Å². The summed E-state index contributed by atoms with van der Waals surface area (Å²) in [4.78, 5) is 15.6. The van der Waals surface area contributed by atoms with Crippen LogP contribution < -0.4 is 5.32 Å². The second-order valence-corrected chi connectivity index (χ2v) is 3.82. The fraction of sp³-hybridized carbons (Fsp3) is 0. The molecular weight excluding hydrogens is 259 g/mol. The quantitative estimate of drug-likeness (QED) is 0.822. The zero-order valence-electron chi connectivity index (χ0n) is 9.02. The lowest BCUT2D eigenvalue weighted by Gasteiger charge is -2.07. The molecule has 1 aromatic heterocycles. The van der Waals surface area contributed by atoms with Gasteiger partial charge in [0, 0.05) is 0 Å². The summed E-state index contributed by atoms with van der Waals surface area (Å²) in [5, 5.41) is 12.0. The second-order valence-electron chi connectivity index (χ2n) is 3.43. The van der Waals surface area contributed by atoms with E-state index in [4.69, 9.17) is 11.6 Å². The molecule has 0 unspecified atom stereocenters. The van der Waals surface area contributed by atoms with Gasteiger partial charge in [0.25, 0.3) is 5.91 Å². The van der Waals surface area contributed by atoms with E-state index < -0.39 is 23.0 Å². The molecule has 0 radical (unpaired) electrons. The average Bonchev–Trinajstić information content (AvgIpc) is 2.28. The molecule has 0 spiro atoms. The van der Waals surface area contributed by atoms with Crippen molar-refractivity contribution in [3.63, 3.8) is 0 Å². The summed E-state index contributed by atoms with van der Waals surface area (Å²) in [6, 6.07) is 8.24. The van der Waals surface area contributed by atoms with E-state index in [0.29, 0.717) is 0 Å². The molecule has 4 nitrogen and oxygen atoms in total. The number of pyridine rings is 1. The van der Waals surface area contributed by atoms with Crippen molar-refractivity contribution < 1.29 is 14.3 Å². The second kappa shape index (κ2) is 5.01. The summed E-state index contributed by atoms with van der Waals surface area (Å²) in [6.45, 7) is 0. The molecule has 2 N–H and O–H groups in total. The van der Waals surface area contributed by atoms with E-state index in [-0.39, 0.29) is 11.0 Å². The van der Waals surface area contributed by atoms with Crippen molar-refractivity contribution >= 4 is 23.3 Å². The van der Waals surface area contributed by atoms with E-state index in [0.717, 1.165) is 6.07 Å². The minimum Gasteiger partial charge on any atom is -0.507 e. The number of aromatic hydroxyl groups is 1. The number of phenolic OH excluding ortho intramolecular Hbond substituents is 1. The van der Waals surface area contributed by atoms with Crippen LogP contribution >= 0.6 is 11.6 Å². The number of halogens is 2. The predicted octanol–water partition coefficient (Wildman–Crippen LogP) is 2.83. The summed E-state index contributed by atoms with van der Waals surface area (Å²) < 4.78 is 13.4. The Morgan fingerprint density at radius 1 is 1.28 bits per heavy atom. The van der Waals surface area contributed by atoms with Gasteiger partial charge in [-0.2, -0.15) is 0 Å². The molecule has 92 valence electrons. The van der Waals surface area contributed by atoms with Crippen LogP contribution in [0, 0.1) is 5.82 Å². The third-order valence-electron chi connectivity index (χ3n) is 2.18. The van der Waals surface area contributed by atoms with Crippen molar-refractivity contribution in [2.45, 2.75) is 0 Å². The van der Waals surface area contributed by atoms with Gasteiger partial charge in [-0.15, -0.1) is 0 Å². The summed E-state index contributed by atoms with van der Waals surface area (Å²) in [6.07, 6.45) is 0. The molecule has 0 saturated carbocycles. The van der Waals surface area contributed by atoms with Crippen LogP contribution in [0.15, 0.2) is 36.4 Å². The van der Waals surface area contributed by atoms with Gasteiger partial charge in [0.15, 0.2) is 0 Å². The SMILES string of the molecule is O=C(Nc1cccc(Cl)n1)c1c(O)cccc1F. The number of hydrogen-bond acceptors (Lipinski definition) is 3. The molecule has 2 rings (SSSR count). The Morgan fingerprint density at radius 2 is 2.00 bits per heavy atom. The fourth-order valence-corrected chi connectivity index (χ4v) is 1.56. The van der Waals surface area contributed by atoms with Gasteiger partial charge in [-0.3, -0.25) is 4.79 Å². The largest absolute Gasteiger partial charge is 0.507 e. The lowest BCUT2D eigenvalue weighted by Crippen LogP contribution is -2.14. The van der Waals surface area contributed by atoms with E-state index in [1.807, 2.05) is 0 Å². The number of anilines is 1. The Hall–Kier alpha value is -2.14. The molecule has 0 aliphatic rings. The topological polar surface area (TPSA) is 62.2 Å². The van der Waals surface area contributed by atoms with Crippen LogP contribution in [-0.2, 0) is 0 Å². The van der Waals surface area contributed by atoms with Crippen molar-refractivity contribution in [1.29, 1.82) is 0 Å². The van der Waals surface area contributed by atoms with E-state index in [2.05, 4.69) is 10.3 Å². The normalized spacial score (nSPS) is 10.1. The lowest BCUT2D eigenvalue weighted by molar-refractivity contribution is 0.102. The molecular formula is C12H8ClFN2O2. The number of nitrogens with one attached hydrogen (secondary N) is 1. The molecule has 1 amide bonds. The number of phenols is 1. The van der Waals surface area contributed by atoms with Crippen LogP contribution in [0.5, 0.6) is 5.75 Å². The monoisotopic (exact) mass is 266 g/mol. The number of carbonyl (C=O) groups is 1. The van der Waals surface area contributed by atoms with Crippen LogP contribution in [0.25, 0.3) is 0 Å². The first kappa shape index (κ1) is 12.3. The van der Waals surface area contributed by atoms with Gasteiger partial charge in [-0.1, -0.05) is 23.7 Å². The Balaban J connectivity index is 2.28. The highest BCUT2D eigenvalue weighted by Crippen LogP contribution is 2.21. The van der Waals surface area contributed by atoms with Crippen molar-refractivity contribution in [2.24, 2.45) is 0 Å². The first-order chi connectivity index (χ1) is 8.58. The maximum absolute atomic E-state index is 13.4. The molecule has 6 heteroatoms. The van der Waals surface area contributed by atoms with E-state index >= 15 is 0 Å². The Kier molecular flexibility index (Phi) is 3.43. The Bertz CT molecular complexity index is 584. The van der Waals surface area contributed by atoms with Gasteiger partial charge in [0.2, 0.25) is 0 Å². The summed E-state index contributed by atoms with van der Waals surface area (Å²) in [5.41, 5.74) is -0.431. The van der Waals surface area contributed by atoms with Crippen molar-refractivity contribution in [3.8, 4) is 5.75 Å². The molecule has 2 aromatic rings. The number of hydrogen-bond donors (Lipinski definition) is 2. The number of benzene rings is 1. The highest BCUT2D eigenvalue weighted by Gasteiger charge is 2.16. The van der Waals surface area contributed by atoms with Crippen molar-refractivity contribution in [3.05, 3.63) is 52.9 Å². The number of aromatic nitrogens is 1. The summed E-state index contributed by atoms with van der Waals surface area (Å²) in [7, 11) is 0. The van der Waals surface area contributed by atoms with Crippen molar-refractivity contribution in [1.82, 2.24) is 4.98 Å². The zero-order valence-corrected chi connectivity index (χ0v) is 9.78. The third-order valence-corrected chi connectivity index (χ3v) is 2.39. The molecule has 0 atom stereocenters. The fourth-order valence-electron chi connectivity index (χ4n) is 1.39. The number of carbonyl (C=O) groups excluding carboxylic acids is 1. The molecule has 1 heterocycles. The molecule has 1 aromatic carbocycles. The molecule has 18 heavy (non-hydrogen) atoms. The van der Waals surface area contributed by atoms with Gasteiger partial charge in [-0.25, -0.2) is 9.37 Å². The molecule has 0 fully saturated rings. The van der Waals surface area contributed by atoms with Gasteiger partial charge in [0.05, 0.1) is 0 Å². The van der Waals surface area contributed by atoms with Crippen LogP contribution in [0.3, 0.4) is 0 Å². The molecule has 0 saturated heterocycles. The van der Waals surface area contributed by atoms with Gasteiger partial charge in [-0.05, 0) is 24.3 Å². The average molecular weight is 267 g/mol. The Morgan fingerprint density at radius 3 is 2.67 bits per heavy atom. The number of rotatable bonds is 2. The van der Waals surface area contributed by atoms with Gasteiger partial charge < -0.3 is 10.4 Å². The standard InChI is InChI=1S/C12H8ClFN2O2/c13-9-5-2-6-10(15-9)16-12(18)11-7(14)3-1-4-8(11)17/h1-6,17H,(H,15,16,18). The summed E-state index contributed by atoms with van der Waals surface area (Å²) >= 11 is 5.65. The van der Waals surface area contributed by atoms with Crippen LogP contribution in [-0.4, -0.2) is 16.0 Å². The summed E-state index contributed by atoms with van der Waals surface area (Å²) in [5.74, 6) is -1.86. The smallest absolute Gasteiger partial charge is 0.263 e. The van der Waals surface area contributed by atoms with Crippen LogP contribution in [0.2, 0.25) is 5.15 Å². The van der Waals surface area contributed by atoms with Crippen LogP contribution in [0.1, 0.15) is 10.4 Å². The maximum atomic E-state index is 13.4. The zero-order chi connectivity index (χ0) is 13.1. The molecule has 0 aliphatic carbocycles. The van der Waals surface area contributed by atoms with Gasteiger partial charge in [0.1, 0.15) is 28.1 Å². The van der Waals surface area contributed by atoms with Crippen LogP contribution in [0.4, 0.5) is 10.2 Å². The van der Waals surface area contributed by atoms with Crippen molar-refractivity contribution in [2.75, 3.05) is 5.32 Å². The molecule has 0 bridgehead atoms. The number of nitrogens with zero attached hydrogens (tertiary/aromatic N) is 1. The first-order valence-electron chi connectivity index (χ1n) is 4.99. The third kappa shape index (κ3) is 2.57. The highest BCUT2D eigenvalue weighted by molar-refractivity contribution is 6.29. The number of amides is 1. The highest BCUT2D eigenvalue weighted by atomic mass is 35.5. The van der Waals surface area contributed by atoms with Gasteiger partial charge >= 0.3 is 0 Å². The van der Waals surface area contributed by atoms with E-state index in [1.165, 1.54) is 24.3 Å². The van der Waals surface area contributed by atoms with E-state index in [9.17, 15) is 14.3 Å². The minimum absolute atomic E-state index is 0.176.